The summed E-state index contributed by atoms with van der Waals surface area (Å²) in [6.07, 6.45) is 0. The van der Waals surface area contributed by atoms with E-state index in [9.17, 15) is 14.4 Å². The summed E-state index contributed by atoms with van der Waals surface area (Å²) in [5, 5.41) is 2.85. The van der Waals surface area contributed by atoms with Crippen molar-refractivity contribution >= 4 is 29.0 Å². The van der Waals surface area contributed by atoms with Gasteiger partial charge in [-0.15, -0.1) is 0 Å². The number of esters is 1. The van der Waals surface area contributed by atoms with Crippen molar-refractivity contribution in [2.75, 3.05) is 50.1 Å². The molecule has 0 aromatic heterocycles. The molecule has 7 nitrogen and oxygen atoms in total. The van der Waals surface area contributed by atoms with E-state index in [1.165, 1.54) is 7.11 Å². The maximum atomic E-state index is 12.3. The molecule has 1 aliphatic rings. The Balaban J connectivity index is 1.47. The molecule has 152 valence electrons. The zero-order chi connectivity index (χ0) is 20.8. The molecule has 2 aromatic rings. The Morgan fingerprint density at radius 2 is 1.48 bits per heavy atom. The van der Waals surface area contributed by atoms with E-state index in [-0.39, 0.29) is 11.7 Å². The number of methoxy groups -OCH3 is 1. The molecule has 2 aromatic carbocycles. The van der Waals surface area contributed by atoms with Crippen LogP contribution in [0.15, 0.2) is 48.5 Å². The van der Waals surface area contributed by atoms with Gasteiger partial charge >= 0.3 is 5.97 Å². The second-order valence-corrected chi connectivity index (χ2v) is 6.98. The zero-order valence-electron chi connectivity index (χ0n) is 16.7. The molecular weight excluding hydrogens is 370 g/mol. The van der Waals surface area contributed by atoms with Crippen LogP contribution >= 0.6 is 0 Å². The number of amides is 1. The molecular formula is C22H25N3O4. The number of hydrogen-bond donors (Lipinski definition) is 1. The summed E-state index contributed by atoms with van der Waals surface area (Å²) in [6, 6.07) is 14.3. The van der Waals surface area contributed by atoms with Gasteiger partial charge in [-0.25, -0.2) is 4.79 Å². The molecule has 1 N–H and O–H groups in total. The normalized spacial score (nSPS) is 14.3. The third-order valence-corrected chi connectivity index (χ3v) is 4.97. The molecule has 0 aliphatic carbocycles. The largest absolute Gasteiger partial charge is 0.465 e. The van der Waals surface area contributed by atoms with Crippen molar-refractivity contribution < 1.29 is 19.1 Å². The number of nitrogens with zero attached hydrogens (tertiary/aromatic N) is 2. The minimum absolute atomic E-state index is 0.0623. The molecule has 1 fully saturated rings. The number of Topliss-reactive ketones (excluding diaryl/α,β-unsaturated/α-hetero) is 1. The van der Waals surface area contributed by atoms with Gasteiger partial charge < -0.3 is 15.0 Å². The highest BCUT2D eigenvalue weighted by molar-refractivity contribution is 5.94. The van der Waals surface area contributed by atoms with Crippen LogP contribution in [0, 0.1) is 0 Å². The van der Waals surface area contributed by atoms with Crippen molar-refractivity contribution in [2.45, 2.75) is 6.92 Å². The van der Waals surface area contributed by atoms with Gasteiger partial charge in [0.25, 0.3) is 0 Å². The first kappa shape index (κ1) is 20.5. The van der Waals surface area contributed by atoms with Gasteiger partial charge in [0.05, 0.1) is 19.2 Å². The predicted molar refractivity (Wildman–Crippen MR) is 112 cm³/mol. The Bertz CT molecular complexity index is 870. The van der Waals surface area contributed by atoms with Crippen LogP contribution in [-0.4, -0.2) is 62.4 Å². The number of anilines is 2. The number of rotatable bonds is 6. The van der Waals surface area contributed by atoms with E-state index < -0.39 is 5.97 Å². The first-order valence-corrected chi connectivity index (χ1v) is 9.53. The number of nitrogens with one attached hydrogen (secondary N) is 1. The number of benzene rings is 2. The first-order chi connectivity index (χ1) is 14.0. The molecule has 0 spiro atoms. The summed E-state index contributed by atoms with van der Waals surface area (Å²) in [5.41, 5.74) is 2.89. The maximum absolute atomic E-state index is 12.3. The number of ether oxygens (including phenoxy) is 1. The highest BCUT2D eigenvalue weighted by atomic mass is 16.5. The van der Waals surface area contributed by atoms with E-state index in [1.807, 2.05) is 24.3 Å². The second kappa shape index (κ2) is 9.34. The molecule has 1 saturated heterocycles. The van der Waals surface area contributed by atoms with E-state index in [1.54, 1.807) is 31.2 Å². The molecule has 0 saturated carbocycles. The van der Waals surface area contributed by atoms with Crippen molar-refractivity contribution in [3.05, 3.63) is 59.7 Å². The van der Waals surface area contributed by atoms with Gasteiger partial charge in [-0.1, -0.05) is 0 Å². The number of hydrogen-bond acceptors (Lipinski definition) is 6. The Hall–Kier alpha value is -3.19. The SMILES string of the molecule is COC(=O)c1ccc(NC(=O)CN2CCN(c3ccc(C(C)=O)cc3)CC2)cc1. The van der Waals surface area contributed by atoms with Crippen LogP contribution in [0.2, 0.25) is 0 Å². The van der Waals surface area contributed by atoms with E-state index >= 15 is 0 Å². The fourth-order valence-corrected chi connectivity index (χ4v) is 3.28. The molecule has 7 heteroatoms. The fraction of sp³-hybridized carbons (Fsp3) is 0.318. The minimum Gasteiger partial charge on any atom is -0.465 e. The highest BCUT2D eigenvalue weighted by Gasteiger charge is 2.19. The fourth-order valence-electron chi connectivity index (χ4n) is 3.28. The van der Waals surface area contributed by atoms with Crippen LogP contribution in [0.3, 0.4) is 0 Å². The summed E-state index contributed by atoms with van der Waals surface area (Å²) < 4.78 is 4.66. The van der Waals surface area contributed by atoms with Crippen LogP contribution in [0.5, 0.6) is 0 Å². The van der Waals surface area contributed by atoms with E-state index in [4.69, 9.17) is 0 Å². The van der Waals surface area contributed by atoms with Crippen LogP contribution in [0.25, 0.3) is 0 Å². The van der Waals surface area contributed by atoms with Gasteiger partial charge in [0.1, 0.15) is 0 Å². The Morgan fingerprint density at radius 3 is 2.03 bits per heavy atom. The van der Waals surface area contributed by atoms with Gasteiger partial charge in [0.15, 0.2) is 5.78 Å². The Labute approximate surface area is 170 Å². The summed E-state index contributed by atoms with van der Waals surface area (Å²) in [7, 11) is 1.33. The van der Waals surface area contributed by atoms with Crippen LogP contribution < -0.4 is 10.2 Å². The summed E-state index contributed by atoms with van der Waals surface area (Å²) in [4.78, 5) is 39.5. The third-order valence-electron chi connectivity index (χ3n) is 4.97. The highest BCUT2D eigenvalue weighted by Crippen LogP contribution is 2.18. The molecule has 1 amide bonds. The molecule has 1 aliphatic heterocycles. The Morgan fingerprint density at radius 1 is 0.897 bits per heavy atom. The standard InChI is InChI=1S/C22H25N3O4/c1-16(26)17-5-9-20(10-6-17)25-13-11-24(12-14-25)15-21(27)23-19-7-3-18(4-8-19)22(28)29-2/h3-10H,11-15H2,1-2H3,(H,23,27). The summed E-state index contributed by atoms with van der Waals surface area (Å²) in [5.74, 6) is -0.431. The lowest BCUT2D eigenvalue weighted by Gasteiger charge is -2.35. The molecule has 0 unspecified atom stereocenters. The number of carbonyl (C=O) groups is 3. The predicted octanol–water partition coefficient (Wildman–Crippen LogP) is 2.44. The summed E-state index contributed by atoms with van der Waals surface area (Å²) >= 11 is 0. The zero-order valence-corrected chi connectivity index (χ0v) is 16.7. The average Bonchev–Trinajstić information content (AvgIpc) is 2.74. The number of carbonyl (C=O) groups excluding carboxylic acids is 3. The lowest BCUT2D eigenvalue weighted by atomic mass is 10.1. The lowest BCUT2D eigenvalue weighted by Crippen LogP contribution is -2.48. The number of ketones is 1. The Kier molecular flexibility index (Phi) is 6.61. The first-order valence-electron chi connectivity index (χ1n) is 9.53. The molecule has 0 radical (unpaired) electrons. The minimum atomic E-state index is -0.406. The third kappa shape index (κ3) is 5.42. The van der Waals surface area contributed by atoms with Gasteiger partial charge in [-0.05, 0) is 55.5 Å². The molecule has 29 heavy (non-hydrogen) atoms. The molecule has 1 heterocycles. The smallest absolute Gasteiger partial charge is 0.337 e. The second-order valence-electron chi connectivity index (χ2n) is 6.98. The topological polar surface area (TPSA) is 79.0 Å². The lowest BCUT2D eigenvalue weighted by molar-refractivity contribution is -0.117. The molecule has 0 bridgehead atoms. The van der Waals surface area contributed by atoms with Gasteiger partial charge in [-0.2, -0.15) is 0 Å². The van der Waals surface area contributed by atoms with Crippen molar-refractivity contribution in [1.82, 2.24) is 4.90 Å². The van der Waals surface area contributed by atoms with Crippen molar-refractivity contribution in [3.63, 3.8) is 0 Å². The van der Waals surface area contributed by atoms with E-state index in [0.29, 0.717) is 23.4 Å². The molecule has 0 atom stereocenters. The molecule has 3 rings (SSSR count). The maximum Gasteiger partial charge on any atom is 0.337 e. The number of piperazine rings is 1. The van der Waals surface area contributed by atoms with Crippen LogP contribution in [-0.2, 0) is 9.53 Å². The van der Waals surface area contributed by atoms with Gasteiger partial charge in [0, 0.05) is 43.1 Å². The van der Waals surface area contributed by atoms with Crippen molar-refractivity contribution in [2.24, 2.45) is 0 Å². The average molecular weight is 395 g/mol. The van der Waals surface area contributed by atoms with Crippen LogP contribution in [0.1, 0.15) is 27.6 Å². The summed E-state index contributed by atoms with van der Waals surface area (Å²) in [6.45, 7) is 5.08. The van der Waals surface area contributed by atoms with E-state index in [2.05, 4.69) is 19.9 Å². The van der Waals surface area contributed by atoms with Gasteiger partial charge in [0.2, 0.25) is 5.91 Å². The quantitative estimate of drug-likeness (QED) is 0.598. The van der Waals surface area contributed by atoms with Crippen LogP contribution in [0.4, 0.5) is 11.4 Å². The van der Waals surface area contributed by atoms with Gasteiger partial charge in [-0.3, -0.25) is 14.5 Å². The van der Waals surface area contributed by atoms with E-state index in [0.717, 1.165) is 31.9 Å². The monoisotopic (exact) mass is 395 g/mol. The van der Waals surface area contributed by atoms with Crippen molar-refractivity contribution in [1.29, 1.82) is 0 Å². The van der Waals surface area contributed by atoms with Crippen molar-refractivity contribution in [3.8, 4) is 0 Å².